The van der Waals surface area contributed by atoms with Crippen molar-refractivity contribution < 1.29 is 22.7 Å². The second-order valence-electron chi connectivity index (χ2n) is 4.43. The Bertz CT molecular complexity index is 491. The van der Waals surface area contributed by atoms with Gasteiger partial charge in [-0.3, -0.25) is 4.79 Å². The number of hydrogen-bond donors (Lipinski definition) is 1. The molecule has 0 radical (unpaired) electrons. The summed E-state index contributed by atoms with van der Waals surface area (Å²) in [6.45, 7) is 3.22. The molecule has 0 amide bonds. The molecule has 2 unspecified atom stereocenters. The fraction of sp³-hybridized carbons (Fsp3) is 0.462. The first-order valence-corrected chi connectivity index (χ1v) is 6.67. The summed E-state index contributed by atoms with van der Waals surface area (Å²) < 4.78 is 43.8. The van der Waals surface area contributed by atoms with Crippen molar-refractivity contribution in [1.82, 2.24) is 0 Å². The number of alkyl halides is 3. The molecule has 7 heteroatoms. The molecule has 0 spiro atoms. The van der Waals surface area contributed by atoms with Gasteiger partial charge in [0.25, 0.3) is 0 Å². The highest BCUT2D eigenvalue weighted by molar-refractivity contribution is 9.10. The van der Waals surface area contributed by atoms with Gasteiger partial charge in [0.05, 0.1) is 18.6 Å². The van der Waals surface area contributed by atoms with Gasteiger partial charge in [0.1, 0.15) is 0 Å². The molecule has 20 heavy (non-hydrogen) atoms. The Morgan fingerprint density at radius 1 is 1.35 bits per heavy atom. The Hall–Kier alpha value is -1.24. The third-order valence-corrected chi connectivity index (χ3v) is 3.49. The summed E-state index contributed by atoms with van der Waals surface area (Å²) in [6.07, 6.45) is -4.47. The molecule has 112 valence electrons. The molecule has 0 saturated heterocycles. The van der Waals surface area contributed by atoms with E-state index in [9.17, 15) is 18.0 Å². The molecule has 0 aliphatic carbocycles. The zero-order chi connectivity index (χ0) is 15.5. The van der Waals surface area contributed by atoms with E-state index >= 15 is 0 Å². The van der Waals surface area contributed by atoms with E-state index in [1.54, 1.807) is 13.8 Å². The summed E-state index contributed by atoms with van der Waals surface area (Å²) in [5, 5.41) is 2.72. The van der Waals surface area contributed by atoms with Gasteiger partial charge in [-0.1, -0.05) is 15.9 Å². The number of hydrogen-bond acceptors (Lipinski definition) is 3. The molecular formula is C13H15BrF3NO2. The Kier molecular flexibility index (Phi) is 5.44. The van der Waals surface area contributed by atoms with E-state index in [1.165, 1.54) is 19.2 Å². The van der Waals surface area contributed by atoms with E-state index in [1.807, 2.05) is 0 Å². The number of nitrogens with one attached hydrogen (secondary N) is 1. The van der Waals surface area contributed by atoms with Crippen LogP contribution in [0.2, 0.25) is 0 Å². The summed E-state index contributed by atoms with van der Waals surface area (Å²) in [5.74, 6) is -1.04. The third kappa shape index (κ3) is 4.13. The first-order chi connectivity index (χ1) is 9.16. The maximum absolute atomic E-state index is 13.0. The second kappa shape index (κ2) is 6.47. The number of ether oxygens (including phenoxy) is 1. The fourth-order valence-electron chi connectivity index (χ4n) is 1.64. The van der Waals surface area contributed by atoms with Crippen molar-refractivity contribution in [3.8, 4) is 0 Å². The Labute approximate surface area is 123 Å². The topological polar surface area (TPSA) is 38.3 Å². The lowest BCUT2D eigenvalue weighted by atomic mass is 10.0. The predicted molar refractivity (Wildman–Crippen MR) is 73.4 cm³/mol. The minimum Gasteiger partial charge on any atom is -0.469 e. The van der Waals surface area contributed by atoms with E-state index in [0.717, 1.165) is 6.07 Å². The maximum atomic E-state index is 13.0. The van der Waals surface area contributed by atoms with Crippen LogP contribution in [0.25, 0.3) is 0 Å². The molecule has 0 aliphatic rings. The lowest BCUT2D eigenvalue weighted by Crippen LogP contribution is -2.31. The van der Waals surface area contributed by atoms with Gasteiger partial charge in [-0.25, -0.2) is 0 Å². The van der Waals surface area contributed by atoms with Crippen molar-refractivity contribution in [1.29, 1.82) is 0 Å². The number of carbonyl (C=O) groups is 1. The van der Waals surface area contributed by atoms with E-state index in [-0.39, 0.29) is 5.69 Å². The minimum atomic E-state index is -4.47. The molecule has 0 saturated carbocycles. The number of rotatable bonds is 4. The highest BCUT2D eigenvalue weighted by Gasteiger charge is 2.34. The summed E-state index contributed by atoms with van der Waals surface area (Å²) in [6, 6.07) is 3.34. The van der Waals surface area contributed by atoms with Gasteiger partial charge in [0, 0.05) is 16.2 Å². The molecule has 1 aromatic rings. The van der Waals surface area contributed by atoms with Crippen molar-refractivity contribution in [2.45, 2.75) is 26.1 Å². The molecule has 3 nitrogen and oxygen atoms in total. The maximum Gasteiger partial charge on any atom is 0.418 e. The first kappa shape index (κ1) is 16.8. The van der Waals surface area contributed by atoms with Crippen molar-refractivity contribution in [2.24, 2.45) is 5.92 Å². The van der Waals surface area contributed by atoms with Crippen LogP contribution >= 0.6 is 15.9 Å². The van der Waals surface area contributed by atoms with Crippen LogP contribution in [0, 0.1) is 5.92 Å². The Morgan fingerprint density at radius 2 is 1.95 bits per heavy atom. The number of methoxy groups -OCH3 is 1. The van der Waals surface area contributed by atoms with Gasteiger partial charge in [-0.2, -0.15) is 13.2 Å². The minimum absolute atomic E-state index is 0.0658. The summed E-state index contributed by atoms with van der Waals surface area (Å²) in [7, 11) is 1.24. The van der Waals surface area contributed by atoms with E-state index in [0.29, 0.717) is 4.47 Å². The predicted octanol–water partition coefficient (Wildman–Crippen LogP) is 4.08. The quantitative estimate of drug-likeness (QED) is 0.829. The van der Waals surface area contributed by atoms with Gasteiger partial charge in [0.15, 0.2) is 0 Å². The zero-order valence-electron chi connectivity index (χ0n) is 11.2. The van der Waals surface area contributed by atoms with Gasteiger partial charge >= 0.3 is 12.1 Å². The molecule has 2 atom stereocenters. The van der Waals surface area contributed by atoms with Crippen LogP contribution in [0.15, 0.2) is 22.7 Å². The lowest BCUT2D eigenvalue weighted by Gasteiger charge is -2.23. The SMILES string of the molecule is COC(=O)C(C)C(C)Nc1ccc(Br)cc1C(F)(F)F. The number of carbonyl (C=O) groups excluding carboxylic acids is 1. The summed E-state index contributed by atoms with van der Waals surface area (Å²) in [5.41, 5.74) is -0.847. The fourth-order valence-corrected chi connectivity index (χ4v) is 2.00. The molecule has 1 N–H and O–H groups in total. The summed E-state index contributed by atoms with van der Waals surface area (Å²) in [4.78, 5) is 11.4. The molecule has 0 bridgehead atoms. The molecule has 0 aliphatic heterocycles. The lowest BCUT2D eigenvalue weighted by molar-refractivity contribution is -0.145. The second-order valence-corrected chi connectivity index (χ2v) is 5.35. The van der Waals surface area contributed by atoms with Gasteiger partial charge in [-0.15, -0.1) is 0 Å². The zero-order valence-corrected chi connectivity index (χ0v) is 12.8. The van der Waals surface area contributed by atoms with Crippen molar-refractivity contribution in [2.75, 3.05) is 12.4 Å². The van der Waals surface area contributed by atoms with Gasteiger partial charge in [0.2, 0.25) is 0 Å². The average Bonchev–Trinajstić information content (AvgIpc) is 2.37. The van der Waals surface area contributed by atoms with Crippen LogP contribution in [0.3, 0.4) is 0 Å². The first-order valence-electron chi connectivity index (χ1n) is 5.88. The molecule has 1 rings (SSSR count). The molecular weight excluding hydrogens is 339 g/mol. The highest BCUT2D eigenvalue weighted by atomic mass is 79.9. The van der Waals surface area contributed by atoms with Crippen LogP contribution < -0.4 is 5.32 Å². The monoisotopic (exact) mass is 353 g/mol. The number of halogens is 4. The molecule has 1 aromatic carbocycles. The van der Waals surface area contributed by atoms with Crippen LogP contribution in [-0.4, -0.2) is 19.1 Å². The van der Waals surface area contributed by atoms with Crippen LogP contribution in [0.4, 0.5) is 18.9 Å². The smallest absolute Gasteiger partial charge is 0.418 e. The van der Waals surface area contributed by atoms with Gasteiger partial charge in [-0.05, 0) is 32.0 Å². The highest BCUT2D eigenvalue weighted by Crippen LogP contribution is 2.37. The van der Waals surface area contributed by atoms with Crippen LogP contribution in [0.1, 0.15) is 19.4 Å². The number of esters is 1. The standard InChI is InChI=1S/C13H15BrF3NO2/c1-7(12(19)20-3)8(2)18-11-5-4-9(14)6-10(11)13(15,16)17/h4-8,18H,1-3H3. The van der Waals surface area contributed by atoms with Crippen LogP contribution in [-0.2, 0) is 15.7 Å². The van der Waals surface area contributed by atoms with E-state index < -0.39 is 29.7 Å². The third-order valence-electron chi connectivity index (χ3n) is 2.99. The van der Waals surface area contributed by atoms with Crippen molar-refractivity contribution in [3.63, 3.8) is 0 Å². The number of anilines is 1. The van der Waals surface area contributed by atoms with Crippen LogP contribution in [0.5, 0.6) is 0 Å². The summed E-state index contributed by atoms with van der Waals surface area (Å²) >= 11 is 3.02. The normalized spacial score (nSPS) is 14.6. The molecule has 0 heterocycles. The van der Waals surface area contributed by atoms with E-state index in [4.69, 9.17) is 0 Å². The Morgan fingerprint density at radius 3 is 2.45 bits per heavy atom. The number of benzene rings is 1. The largest absolute Gasteiger partial charge is 0.469 e. The molecule has 0 aromatic heterocycles. The van der Waals surface area contributed by atoms with E-state index in [2.05, 4.69) is 26.0 Å². The average molecular weight is 354 g/mol. The Balaban J connectivity index is 3.01. The van der Waals surface area contributed by atoms with Crippen molar-refractivity contribution in [3.05, 3.63) is 28.2 Å². The van der Waals surface area contributed by atoms with Gasteiger partial charge < -0.3 is 10.1 Å². The van der Waals surface area contributed by atoms with Crippen molar-refractivity contribution >= 4 is 27.6 Å². The molecule has 0 fully saturated rings.